The average molecular weight is 292 g/mol. The fourth-order valence-electron chi connectivity index (χ4n) is 2.37. The van der Waals surface area contributed by atoms with Gasteiger partial charge in [0.1, 0.15) is 0 Å². The summed E-state index contributed by atoms with van der Waals surface area (Å²) < 4.78 is 6.72. The largest absolute Gasteiger partial charge is 0.383 e. The monoisotopic (exact) mass is 292 g/mol. The van der Waals surface area contributed by atoms with Crippen LogP contribution in [0.1, 0.15) is 32.1 Å². The Kier molecular flexibility index (Phi) is 6.27. The molecule has 6 heteroatoms. The molecule has 0 fully saturated rings. The van der Waals surface area contributed by atoms with E-state index in [1.54, 1.807) is 17.9 Å². The average Bonchev–Trinajstić information content (AvgIpc) is 2.93. The predicted octanol–water partition coefficient (Wildman–Crippen LogP) is 2.54. The van der Waals surface area contributed by atoms with E-state index >= 15 is 0 Å². The molecule has 0 spiro atoms. The number of carbonyl (C=O) groups is 1. The lowest BCUT2D eigenvalue weighted by molar-refractivity contribution is 0.183. The minimum atomic E-state index is -0.205. The highest BCUT2D eigenvalue weighted by molar-refractivity contribution is 5.88. The summed E-state index contributed by atoms with van der Waals surface area (Å²) >= 11 is 0. The first kappa shape index (κ1) is 15.6. The Morgan fingerprint density at radius 1 is 1.48 bits per heavy atom. The third kappa shape index (κ3) is 5.59. The quantitative estimate of drug-likeness (QED) is 0.759. The highest BCUT2D eigenvalue weighted by Crippen LogP contribution is 2.19. The maximum Gasteiger partial charge on any atom is 0.320 e. The van der Waals surface area contributed by atoms with Crippen LogP contribution in [0.4, 0.5) is 10.6 Å². The van der Waals surface area contributed by atoms with Crippen molar-refractivity contribution in [1.82, 2.24) is 15.1 Å². The van der Waals surface area contributed by atoms with Gasteiger partial charge in [-0.2, -0.15) is 5.10 Å². The SMILES string of the molecule is COCCn1ccc(NC(=O)NCCC2=CCCCC2)n1. The van der Waals surface area contributed by atoms with Crippen molar-refractivity contribution in [3.63, 3.8) is 0 Å². The molecule has 2 N–H and O–H groups in total. The lowest BCUT2D eigenvalue weighted by Gasteiger charge is -2.12. The van der Waals surface area contributed by atoms with Gasteiger partial charge in [0.2, 0.25) is 0 Å². The lowest BCUT2D eigenvalue weighted by Crippen LogP contribution is -2.30. The molecular formula is C15H24N4O2. The molecule has 0 saturated carbocycles. The minimum Gasteiger partial charge on any atom is -0.383 e. The van der Waals surface area contributed by atoms with Crippen molar-refractivity contribution in [2.45, 2.75) is 38.6 Å². The van der Waals surface area contributed by atoms with Crippen molar-refractivity contribution >= 4 is 11.8 Å². The van der Waals surface area contributed by atoms with Gasteiger partial charge in [0, 0.05) is 25.9 Å². The second-order valence-corrected chi connectivity index (χ2v) is 5.20. The van der Waals surface area contributed by atoms with E-state index < -0.39 is 0 Å². The van der Waals surface area contributed by atoms with Gasteiger partial charge >= 0.3 is 6.03 Å². The van der Waals surface area contributed by atoms with Crippen LogP contribution in [-0.2, 0) is 11.3 Å². The standard InChI is InChI=1S/C15H24N4O2/c1-21-12-11-19-10-8-14(18-19)17-15(20)16-9-7-13-5-3-2-4-6-13/h5,8,10H,2-4,6-7,9,11-12H2,1H3,(H2,16,17,18,20). The molecule has 0 bridgehead atoms. The Labute approximate surface area is 125 Å². The summed E-state index contributed by atoms with van der Waals surface area (Å²) in [5, 5.41) is 9.84. The van der Waals surface area contributed by atoms with Crippen LogP contribution in [0.3, 0.4) is 0 Å². The van der Waals surface area contributed by atoms with E-state index in [2.05, 4.69) is 21.8 Å². The van der Waals surface area contributed by atoms with E-state index in [1.807, 2.05) is 6.20 Å². The molecule has 0 radical (unpaired) electrons. The molecule has 0 aliphatic heterocycles. The topological polar surface area (TPSA) is 68.2 Å². The Bertz CT molecular complexity index is 482. The number of anilines is 1. The number of nitrogens with zero attached hydrogens (tertiary/aromatic N) is 2. The molecule has 1 aliphatic rings. The second-order valence-electron chi connectivity index (χ2n) is 5.20. The van der Waals surface area contributed by atoms with Crippen LogP contribution < -0.4 is 10.6 Å². The van der Waals surface area contributed by atoms with Crippen molar-refractivity contribution in [1.29, 1.82) is 0 Å². The lowest BCUT2D eigenvalue weighted by atomic mass is 9.97. The number of urea groups is 1. The molecular weight excluding hydrogens is 268 g/mol. The Balaban J connectivity index is 1.66. The van der Waals surface area contributed by atoms with E-state index in [9.17, 15) is 4.79 Å². The second kappa shape index (κ2) is 8.46. The summed E-state index contributed by atoms with van der Waals surface area (Å²) in [6.45, 7) is 1.94. The van der Waals surface area contributed by atoms with Crippen LogP contribution in [0.5, 0.6) is 0 Å². The van der Waals surface area contributed by atoms with Crippen molar-refractivity contribution < 1.29 is 9.53 Å². The van der Waals surface area contributed by atoms with E-state index in [-0.39, 0.29) is 6.03 Å². The van der Waals surface area contributed by atoms with Crippen molar-refractivity contribution in [3.8, 4) is 0 Å². The van der Waals surface area contributed by atoms with Crippen LogP contribution in [0, 0.1) is 0 Å². The predicted molar refractivity (Wildman–Crippen MR) is 82.3 cm³/mol. The molecule has 2 amide bonds. The third-order valence-electron chi connectivity index (χ3n) is 3.52. The maximum atomic E-state index is 11.8. The summed E-state index contributed by atoms with van der Waals surface area (Å²) in [7, 11) is 1.65. The molecule has 1 heterocycles. The summed E-state index contributed by atoms with van der Waals surface area (Å²) in [5.41, 5.74) is 1.46. The van der Waals surface area contributed by atoms with E-state index in [1.165, 1.54) is 31.3 Å². The summed E-state index contributed by atoms with van der Waals surface area (Å²) in [4.78, 5) is 11.8. The number of amides is 2. The highest BCUT2D eigenvalue weighted by Gasteiger charge is 2.06. The van der Waals surface area contributed by atoms with Gasteiger partial charge in [-0.3, -0.25) is 10.00 Å². The van der Waals surface area contributed by atoms with E-state index in [0.29, 0.717) is 25.5 Å². The number of rotatable bonds is 7. The van der Waals surface area contributed by atoms with Gasteiger partial charge in [-0.05, 0) is 32.1 Å². The van der Waals surface area contributed by atoms with E-state index in [0.717, 1.165) is 6.42 Å². The zero-order valence-electron chi connectivity index (χ0n) is 12.6. The summed E-state index contributed by atoms with van der Waals surface area (Å²) in [6.07, 6.45) is 9.99. The molecule has 2 rings (SSSR count). The van der Waals surface area contributed by atoms with Crippen molar-refractivity contribution in [2.75, 3.05) is 25.6 Å². The van der Waals surface area contributed by atoms with Gasteiger partial charge in [0.05, 0.1) is 13.2 Å². The number of carbonyl (C=O) groups excluding carboxylic acids is 1. The highest BCUT2D eigenvalue weighted by atomic mass is 16.5. The number of hydrogen-bond acceptors (Lipinski definition) is 3. The van der Waals surface area contributed by atoms with Gasteiger partial charge in [-0.1, -0.05) is 11.6 Å². The number of aromatic nitrogens is 2. The van der Waals surface area contributed by atoms with Gasteiger partial charge < -0.3 is 10.1 Å². The first-order chi connectivity index (χ1) is 10.3. The number of nitrogens with one attached hydrogen (secondary N) is 2. The third-order valence-corrected chi connectivity index (χ3v) is 3.52. The van der Waals surface area contributed by atoms with Crippen molar-refractivity contribution in [3.05, 3.63) is 23.9 Å². The number of ether oxygens (including phenoxy) is 1. The number of methoxy groups -OCH3 is 1. The van der Waals surface area contributed by atoms with Crippen LogP contribution >= 0.6 is 0 Å². The first-order valence-electron chi connectivity index (χ1n) is 7.53. The zero-order valence-corrected chi connectivity index (χ0v) is 12.6. The molecule has 0 aromatic carbocycles. The van der Waals surface area contributed by atoms with Crippen LogP contribution in [0.2, 0.25) is 0 Å². The van der Waals surface area contributed by atoms with Crippen LogP contribution in [0.15, 0.2) is 23.9 Å². The molecule has 6 nitrogen and oxygen atoms in total. The molecule has 0 saturated heterocycles. The molecule has 0 atom stereocenters. The van der Waals surface area contributed by atoms with E-state index in [4.69, 9.17) is 4.74 Å². The Hall–Kier alpha value is -1.82. The first-order valence-corrected chi connectivity index (χ1v) is 7.53. The van der Waals surface area contributed by atoms with Gasteiger partial charge in [-0.15, -0.1) is 0 Å². The molecule has 1 aromatic rings. The van der Waals surface area contributed by atoms with Crippen molar-refractivity contribution in [2.24, 2.45) is 0 Å². The Morgan fingerprint density at radius 3 is 3.14 bits per heavy atom. The minimum absolute atomic E-state index is 0.205. The van der Waals surface area contributed by atoms with Gasteiger partial charge in [-0.25, -0.2) is 4.79 Å². The molecule has 1 aliphatic carbocycles. The van der Waals surface area contributed by atoms with Gasteiger partial charge in [0.15, 0.2) is 5.82 Å². The number of allylic oxidation sites excluding steroid dienone is 1. The fourth-order valence-corrected chi connectivity index (χ4v) is 2.37. The Morgan fingerprint density at radius 2 is 2.38 bits per heavy atom. The molecule has 0 unspecified atom stereocenters. The van der Waals surface area contributed by atoms with Crippen LogP contribution in [0.25, 0.3) is 0 Å². The zero-order chi connectivity index (χ0) is 14.9. The smallest absolute Gasteiger partial charge is 0.320 e. The molecule has 116 valence electrons. The number of hydrogen-bond donors (Lipinski definition) is 2. The maximum absolute atomic E-state index is 11.8. The summed E-state index contributed by atoms with van der Waals surface area (Å²) in [6, 6.07) is 1.57. The van der Waals surface area contributed by atoms with Crippen LogP contribution in [-0.4, -0.2) is 36.1 Å². The normalized spacial score (nSPS) is 14.6. The van der Waals surface area contributed by atoms with Gasteiger partial charge in [0.25, 0.3) is 0 Å². The summed E-state index contributed by atoms with van der Waals surface area (Å²) in [5.74, 6) is 0.556. The molecule has 21 heavy (non-hydrogen) atoms. The molecule has 1 aromatic heterocycles. The fraction of sp³-hybridized carbons (Fsp3) is 0.600.